The van der Waals surface area contributed by atoms with E-state index in [9.17, 15) is 18.0 Å². The van der Waals surface area contributed by atoms with Crippen LogP contribution in [0.2, 0.25) is 0 Å². The Morgan fingerprint density at radius 3 is 2.32 bits per heavy atom. The Bertz CT molecular complexity index is 568. The molecule has 0 saturated carbocycles. The number of rotatable bonds is 4. The Morgan fingerprint density at radius 1 is 1.21 bits per heavy atom. The van der Waals surface area contributed by atoms with Gasteiger partial charge in [0.1, 0.15) is 0 Å². The van der Waals surface area contributed by atoms with Gasteiger partial charge in [0, 0.05) is 0 Å². The standard InChI is InChI=1S/C10H14N4O4S/c1-7-2-4-8(5-3-7)19(17,18)14-10(16)12-6-9(15)13-11/h2-5H,6,11H2,1H3,(H,13,15)(H2,12,14,16). The monoisotopic (exact) mass is 286 g/mol. The molecule has 9 heteroatoms. The lowest BCUT2D eigenvalue weighted by Gasteiger charge is -2.08. The highest BCUT2D eigenvalue weighted by Crippen LogP contribution is 2.09. The van der Waals surface area contributed by atoms with E-state index in [-0.39, 0.29) is 4.90 Å². The minimum atomic E-state index is -3.96. The van der Waals surface area contributed by atoms with Gasteiger partial charge in [0.05, 0.1) is 11.4 Å². The van der Waals surface area contributed by atoms with Crippen LogP contribution in [-0.4, -0.2) is 26.9 Å². The summed E-state index contributed by atoms with van der Waals surface area (Å²) in [6, 6.07) is 4.95. The van der Waals surface area contributed by atoms with Gasteiger partial charge >= 0.3 is 6.03 Å². The van der Waals surface area contributed by atoms with Crippen molar-refractivity contribution in [3.8, 4) is 0 Å². The smallest absolute Gasteiger partial charge is 0.328 e. The van der Waals surface area contributed by atoms with E-state index >= 15 is 0 Å². The van der Waals surface area contributed by atoms with Crippen LogP contribution < -0.4 is 21.3 Å². The Labute approximate surface area is 110 Å². The maximum atomic E-state index is 11.8. The Kier molecular flexibility index (Phi) is 4.84. The highest BCUT2D eigenvalue weighted by molar-refractivity contribution is 7.90. The van der Waals surface area contributed by atoms with Gasteiger partial charge in [-0.3, -0.25) is 10.2 Å². The lowest BCUT2D eigenvalue weighted by molar-refractivity contribution is -0.120. The molecule has 0 unspecified atom stereocenters. The number of hydrogen-bond acceptors (Lipinski definition) is 5. The maximum Gasteiger partial charge on any atom is 0.329 e. The third-order valence-electron chi connectivity index (χ3n) is 2.13. The van der Waals surface area contributed by atoms with Crippen molar-refractivity contribution < 1.29 is 18.0 Å². The van der Waals surface area contributed by atoms with Crippen LogP contribution >= 0.6 is 0 Å². The first-order chi connectivity index (χ1) is 8.85. The zero-order valence-corrected chi connectivity index (χ0v) is 11.0. The molecule has 0 radical (unpaired) electrons. The van der Waals surface area contributed by atoms with E-state index < -0.39 is 28.5 Å². The molecule has 8 nitrogen and oxygen atoms in total. The number of sulfonamides is 1. The fourth-order valence-electron chi connectivity index (χ4n) is 1.15. The molecule has 0 aliphatic carbocycles. The van der Waals surface area contributed by atoms with E-state index in [0.717, 1.165) is 5.56 Å². The molecule has 3 amide bonds. The molecule has 0 aliphatic heterocycles. The zero-order valence-electron chi connectivity index (χ0n) is 10.1. The zero-order chi connectivity index (χ0) is 14.5. The fourth-order valence-corrected chi connectivity index (χ4v) is 2.07. The molecule has 104 valence electrons. The van der Waals surface area contributed by atoms with Gasteiger partial charge in [-0.05, 0) is 19.1 Å². The number of hydrazine groups is 1. The van der Waals surface area contributed by atoms with Crippen LogP contribution in [0, 0.1) is 6.92 Å². The maximum absolute atomic E-state index is 11.8. The molecule has 0 bridgehead atoms. The van der Waals surface area contributed by atoms with Gasteiger partial charge < -0.3 is 5.32 Å². The minimum absolute atomic E-state index is 0.0449. The van der Waals surface area contributed by atoms with Crippen LogP contribution in [0.5, 0.6) is 0 Å². The number of hydrogen-bond donors (Lipinski definition) is 4. The Balaban J connectivity index is 2.67. The molecule has 5 N–H and O–H groups in total. The second kappa shape index (κ2) is 6.16. The van der Waals surface area contributed by atoms with E-state index in [1.807, 2.05) is 12.2 Å². The van der Waals surface area contributed by atoms with Gasteiger partial charge in [-0.25, -0.2) is 23.8 Å². The van der Waals surface area contributed by atoms with Gasteiger partial charge in [-0.2, -0.15) is 0 Å². The summed E-state index contributed by atoms with van der Waals surface area (Å²) in [7, 11) is -3.96. The third-order valence-corrected chi connectivity index (χ3v) is 3.48. The van der Waals surface area contributed by atoms with Gasteiger partial charge in [0.15, 0.2) is 0 Å². The largest absolute Gasteiger partial charge is 0.329 e. The highest BCUT2D eigenvalue weighted by Gasteiger charge is 2.17. The van der Waals surface area contributed by atoms with E-state index in [2.05, 4.69) is 0 Å². The molecule has 1 aromatic rings. The molecule has 0 aliphatic rings. The van der Waals surface area contributed by atoms with E-state index in [1.54, 1.807) is 22.3 Å². The molecule has 0 saturated heterocycles. The number of benzene rings is 1. The van der Waals surface area contributed by atoms with Gasteiger partial charge in [0.25, 0.3) is 15.9 Å². The van der Waals surface area contributed by atoms with Gasteiger partial charge in [-0.1, -0.05) is 17.7 Å². The molecule has 0 heterocycles. The van der Waals surface area contributed by atoms with Gasteiger partial charge in [0.2, 0.25) is 0 Å². The predicted octanol–water partition coefficient (Wildman–Crippen LogP) is -1.03. The summed E-state index contributed by atoms with van der Waals surface area (Å²) in [5, 5.41) is 2.05. The SMILES string of the molecule is Cc1ccc(S(=O)(=O)NC(=O)NCC(=O)NN)cc1. The van der Waals surface area contributed by atoms with E-state index in [4.69, 9.17) is 5.84 Å². The molecule has 1 rings (SSSR count). The van der Waals surface area contributed by atoms with E-state index in [1.165, 1.54) is 12.1 Å². The topological polar surface area (TPSA) is 130 Å². The first-order valence-electron chi connectivity index (χ1n) is 5.22. The molecule has 0 atom stereocenters. The van der Waals surface area contributed by atoms with Crippen LogP contribution in [0.25, 0.3) is 0 Å². The van der Waals surface area contributed by atoms with Crippen molar-refractivity contribution in [2.24, 2.45) is 5.84 Å². The second-order valence-electron chi connectivity index (χ2n) is 3.67. The quantitative estimate of drug-likeness (QED) is 0.319. The molecule has 0 aromatic heterocycles. The van der Waals surface area contributed by atoms with Crippen molar-refractivity contribution >= 4 is 22.0 Å². The molecular weight excluding hydrogens is 272 g/mol. The van der Waals surface area contributed by atoms with Crippen LogP contribution in [0.4, 0.5) is 4.79 Å². The summed E-state index contributed by atoms with van der Waals surface area (Å²) in [5.74, 6) is 4.15. The van der Waals surface area contributed by atoms with Crippen molar-refractivity contribution in [2.75, 3.05) is 6.54 Å². The number of amides is 3. The number of urea groups is 1. The second-order valence-corrected chi connectivity index (χ2v) is 5.35. The Morgan fingerprint density at radius 2 is 1.79 bits per heavy atom. The van der Waals surface area contributed by atoms with Crippen molar-refractivity contribution in [3.63, 3.8) is 0 Å². The molecule has 1 aromatic carbocycles. The van der Waals surface area contributed by atoms with Crippen molar-refractivity contribution in [3.05, 3.63) is 29.8 Å². The number of carbonyl (C=O) groups is 2. The first-order valence-corrected chi connectivity index (χ1v) is 6.70. The minimum Gasteiger partial charge on any atom is -0.328 e. The Hall–Kier alpha value is -2.13. The van der Waals surface area contributed by atoms with Crippen LogP contribution in [-0.2, 0) is 14.8 Å². The third kappa shape index (κ3) is 4.56. The average molecular weight is 286 g/mol. The van der Waals surface area contributed by atoms with Crippen molar-refractivity contribution in [2.45, 2.75) is 11.8 Å². The molecular formula is C10H14N4O4S. The van der Waals surface area contributed by atoms with Crippen molar-refractivity contribution in [1.29, 1.82) is 0 Å². The summed E-state index contributed by atoms with van der Waals surface area (Å²) < 4.78 is 25.3. The number of carbonyl (C=O) groups excluding carboxylic acids is 2. The molecule has 19 heavy (non-hydrogen) atoms. The summed E-state index contributed by atoms with van der Waals surface area (Å²) in [4.78, 5) is 22.0. The van der Waals surface area contributed by atoms with Crippen LogP contribution in [0.3, 0.4) is 0 Å². The van der Waals surface area contributed by atoms with Crippen LogP contribution in [0.1, 0.15) is 5.56 Å². The van der Waals surface area contributed by atoms with Crippen molar-refractivity contribution in [1.82, 2.24) is 15.5 Å². The number of nitrogens with one attached hydrogen (secondary N) is 3. The molecule has 0 spiro atoms. The predicted molar refractivity (Wildman–Crippen MR) is 67.2 cm³/mol. The number of aryl methyl sites for hydroxylation is 1. The highest BCUT2D eigenvalue weighted by atomic mass is 32.2. The summed E-state index contributed by atoms with van der Waals surface area (Å²) >= 11 is 0. The average Bonchev–Trinajstić information content (AvgIpc) is 2.36. The van der Waals surface area contributed by atoms with E-state index in [0.29, 0.717) is 0 Å². The number of nitrogens with two attached hydrogens (primary N) is 1. The lowest BCUT2D eigenvalue weighted by Crippen LogP contribution is -2.45. The molecule has 0 fully saturated rings. The normalized spacial score (nSPS) is 10.6. The summed E-state index contributed by atoms with van der Waals surface area (Å²) in [6.45, 7) is 1.38. The lowest BCUT2D eigenvalue weighted by atomic mass is 10.2. The first kappa shape index (κ1) is 14.9. The summed E-state index contributed by atoms with van der Waals surface area (Å²) in [5.41, 5.74) is 2.68. The van der Waals surface area contributed by atoms with Gasteiger partial charge in [-0.15, -0.1) is 0 Å². The van der Waals surface area contributed by atoms with Crippen LogP contribution in [0.15, 0.2) is 29.2 Å². The summed E-state index contributed by atoms with van der Waals surface area (Å²) in [6.07, 6.45) is 0. The fraction of sp³-hybridized carbons (Fsp3) is 0.200.